The first-order valence-electron chi connectivity index (χ1n) is 15.3. The number of aliphatic hydroxyl groups excluding tert-OH is 1. The second-order valence-electron chi connectivity index (χ2n) is 13.7. The first kappa shape index (κ1) is 32.0. The minimum atomic E-state index is -1.49. The summed E-state index contributed by atoms with van der Waals surface area (Å²) in [5.41, 5.74) is 0.998. The minimum absolute atomic E-state index is 0.0647. The first-order valence-corrected chi connectivity index (χ1v) is 15.3. The molecule has 42 heavy (non-hydrogen) atoms. The Morgan fingerprint density at radius 2 is 1.76 bits per heavy atom. The van der Waals surface area contributed by atoms with E-state index in [1.807, 2.05) is 0 Å². The number of carboxylic acids is 1. The van der Waals surface area contributed by atoms with Crippen molar-refractivity contribution in [1.82, 2.24) is 10.6 Å². The molecule has 4 rings (SSSR count). The number of nitrogens with one attached hydrogen (secondary N) is 2. The van der Waals surface area contributed by atoms with Gasteiger partial charge in [-0.05, 0) is 93.5 Å². The molecule has 9 atom stereocenters. The van der Waals surface area contributed by atoms with E-state index in [9.17, 15) is 29.7 Å². The molecule has 0 aromatic carbocycles. The van der Waals surface area contributed by atoms with Crippen LogP contribution in [0.2, 0.25) is 0 Å². The molecule has 4 aliphatic rings. The van der Waals surface area contributed by atoms with E-state index >= 15 is 0 Å². The average Bonchev–Trinajstić information content (AvgIpc) is 3.20. The van der Waals surface area contributed by atoms with Crippen LogP contribution in [-0.4, -0.2) is 69.2 Å². The third kappa shape index (κ3) is 5.70. The van der Waals surface area contributed by atoms with Gasteiger partial charge in [0.1, 0.15) is 11.6 Å². The summed E-state index contributed by atoms with van der Waals surface area (Å²) in [6, 6.07) is -2.49. The Balaban J connectivity index is 1.36. The second kappa shape index (κ2) is 12.0. The normalized spacial score (nSPS) is 36.8. The summed E-state index contributed by atoms with van der Waals surface area (Å²) in [5, 5.41) is 39.2. The van der Waals surface area contributed by atoms with E-state index in [0.717, 1.165) is 50.7 Å². The third-order valence-corrected chi connectivity index (χ3v) is 11.1. The minimum Gasteiger partial charge on any atom is -0.480 e. The molecule has 0 aromatic rings. The van der Waals surface area contributed by atoms with E-state index in [1.54, 1.807) is 13.8 Å². The number of allylic oxidation sites excluding steroid dienone is 2. The highest BCUT2D eigenvalue weighted by atomic mass is 16.6. The Kier molecular flexibility index (Phi) is 9.15. The SMILES string of the molecule is C#C[C@@]1(O)CC[C@H]2[C@@H]3CCC4=C/C(=N\OCC(=O)N[C@H](C(=O)N[C@H](C(=O)O)[C@@H](C)O)C(C)C)CC[C@]4(C)[C@H]3CC[C@@]21C. The fourth-order valence-electron chi connectivity index (χ4n) is 8.45. The molecule has 0 saturated heterocycles. The van der Waals surface area contributed by atoms with Gasteiger partial charge in [0, 0.05) is 5.41 Å². The Morgan fingerprint density at radius 3 is 2.38 bits per heavy atom. The zero-order valence-corrected chi connectivity index (χ0v) is 25.5. The number of carboxylic acid groups (broad SMARTS) is 1. The monoisotopic (exact) mass is 585 g/mol. The summed E-state index contributed by atoms with van der Waals surface area (Å²) in [7, 11) is 0. The van der Waals surface area contributed by atoms with Gasteiger partial charge in [-0.15, -0.1) is 6.42 Å². The summed E-state index contributed by atoms with van der Waals surface area (Å²) < 4.78 is 0. The van der Waals surface area contributed by atoms with Crippen LogP contribution in [0.5, 0.6) is 0 Å². The molecule has 0 aromatic heterocycles. The lowest BCUT2D eigenvalue weighted by Gasteiger charge is -2.58. The smallest absolute Gasteiger partial charge is 0.328 e. The number of carbonyl (C=O) groups excluding carboxylic acids is 2. The molecule has 0 heterocycles. The highest BCUT2D eigenvalue weighted by molar-refractivity contribution is 5.96. The molecular formula is C32H47N3O7. The summed E-state index contributed by atoms with van der Waals surface area (Å²) >= 11 is 0. The van der Waals surface area contributed by atoms with Crippen molar-refractivity contribution in [2.24, 2.45) is 39.7 Å². The van der Waals surface area contributed by atoms with Gasteiger partial charge in [0.2, 0.25) is 5.91 Å². The number of carbonyl (C=O) groups is 3. The van der Waals surface area contributed by atoms with E-state index < -0.39 is 41.6 Å². The first-order chi connectivity index (χ1) is 19.7. The van der Waals surface area contributed by atoms with E-state index in [-0.39, 0.29) is 23.4 Å². The highest BCUT2D eigenvalue weighted by Crippen LogP contribution is 2.67. The van der Waals surface area contributed by atoms with Crippen molar-refractivity contribution in [1.29, 1.82) is 0 Å². The summed E-state index contributed by atoms with van der Waals surface area (Å²) in [6.07, 6.45) is 14.0. The van der Waals surface area contributed by atoms with Crippen LogP contribution in [0, 0.1) is 46.8 Å². The van der Waals surface area contributed by atoms with Gasteiger partial charge in [0.15, 0.2) is 12.6 Å². The van der Waals surface area contributed by atoms with Crippen molar-refractivity contribution < 1.29 is 34.5 Å². The quantitative estimate of drug-likeness (QED) is 0.206. The third-order valence-electron chi connectivity index (χ3n) is 11.1. The molecule has 0 radical (unpaired) electrons. The number of hydrogen-bond donors (Lipinski definition) is 5. The standard InChI is InChI=1S/C32H47N3O7/c1-7-32(41)15-12-24-22-9-8-20-16-21(10-13-30(20,5)23(22)11-14-31(24,32)6)35-42-17-25(37)33-26(18(2)3)28(38)34-27(19(4)36)29(39)40/h1,16,18-19,22-24,26-27,36,41H,8-15,17H2,2-6H3,(H,33,37)(H,34,38)(H,39,40)/b35-21-/t19-,22-,23+,24+,26+,27+,30+,31+,32-/m1/s1. The molecule has 0 bridgehead atoms. The van der Waals surface area contributed by atoms with E-state index in [4.69, 9.17) is 11.3 Å². The van der Waals surface area contributed by atoms with E-state index in [2.05, 4.69) is 41.6 Å². The van der Waals surface area contributed by atoms with Gasteiger partial charge in [-0.3, -0.25) is 9.59 Å². The van der Waals surface area contributed by atoms with Crippen LogP contribution in [0.1, 0.15) is 86.0 Å². The Hall–Kier alpha value is -2.90. The highest BCUT2D eigenvalue weighted by Gasteiger charge is 2.63. The van der Waals surface area contributed by atoms with Crippen molar-refractivity contribution >= 4 is 23.5 Å². The summed E-state index contributed by atoms with van der Waals surface area (Å²) in [6.45, 7) is 8.89. The van der Waals surface area contributed by atoms with Crippen LogP contribution < -0.4 is 10.6 Å². The molecule has 232 valence electrons. The van der Waals surface area contributed by atoms with Crippen LogP contribution in [0.4, 0.5) is 0 Å². The van der Waals surface area contributed by atoms with Crippen LogP contribution >= 0.6 is 0 Å². The van der Waals surface area contributed by atoms with Crippen LogP contribution in [-0.2, 0) is 19.2 Å². The fourth-order valence-corrected chi connectivity index (χ4v) is 8.45. The van der Waals surface area contributed by atoms with Crippen molar-refractivity contribution in [2.45, 2.75) is 110 Å². The maximum Gasteiger partial charge on any atom is 0.328 e. The van der Waals surface area contributed by atoms with Crippen LogP contribution in [0.15, 0.2) is 16.8 Å². The summed E-state index contributed by atoms with van der Waals surface area (Å²) in [5.74, 6) is 1.31. The van der Waals surface area contributed by atoms with Gasteiger partial charge in [-0.2, -0.15) is 0 Å². The van der Waals surface area contributed by atoms with E-state index in [0.29, 0.717) is 24.2 Å². The number of fused-ring (bicyclic) bond motifs is 5. The number of rotatable bonds is 9. The van der Waals surface area contributed by atoms with Gasteiger partial charge in [-0.25, -0.2) is 4.79 Å². The molecule has 10 nitrogen and oxygen atoms in total. The fraction of sp³-hybridized carbons (Fsp3) is 0.750. The lowest BCUT2D eigenvalue weighted by Crippen LogP contribution is -2.56. The van der Waals surface area contributed by atoms with Crippen molar-refractivity contribution in [3.05, 3.63) is 11.6 Å². The molecule has 0 aliphatic heterocycles. The maximum absolute atomic E-state index is 12.7. The molecule has 10 heteroatoms. The molecule has 4 aliphatic carbocycles. The number of oxime groups is 1. The predicted molar refractivity (Wildman–Crippen MR) is 157 cm³/mol. The molecule has 0 unspecified atom stereocenters. The van der Waals surface area contributed by atoms with Crippen LogP contribution in [0.3, 0.4) is 0 Å². The Labute approximate surface area is 248 Å². The van der Waals surface area contributed by atoms with Crippen molar-refractivity contribution in [3.63, 3.8) is 0 Å². The van der Waals surface area contributed by atoms with Gasteiger partial charge in [-0.1, -0.05) is 44.3 Å². The van der Waals surface area contributed by atoms with Crippen molar-refractivity contribution in [3.8, 4) is 12.3 Å². The Morgan fingerprint density at radius 1 is 1.07 bits per heavy atom. The zero-order chi connectivity index (χ0) is 31.0. The number of aliphatic carboxylic acids is 1. The number of aliphatic hydroxyl groups is 2. The second-order valence-corrected chi connectivity index (χ2v) is 13.7. The van der Waals surface area contributed by atoms with Gasteiger partial charge in [0.25, 0.3) is 5.91 Å². The molecule has 0 spiro atoms. The molecular weight excluding hydrogens is 538 g/mol. The van der Waals surface area contributed by atoms with Crippen LogP contribution in [0.25, 0.3) is 0 Å². The summed E-state index contributed by atoms with van der Waals surface area (Å²) in [4.78, 5) is 42.0. The molecule has 5 N–H and O–H groups in total. The average molecular weight is 586 g/mol. The van der Waals surface area contributed by atoms with Gasteiger partial charge < -0.3 is 30.8 Å². The predicted octanol–water partition coefficient (Wildman–Crippen LogP) is 2.78. The number of amides is 2. The zero-order valence-electron chi connectivity index (χ0n) is 25.5. The topological polar surface area (TPSA) is 158 Å². The number of terminal acetylenes is 1. The lowest BCUT2D eigenvalue weighted by molar-refractivity contribution is -0.145. The molecule has 2 amide bonds. The maximum atomic E-state index is 12.7. The van der Waals surface area contributed by atoms with Gasteiger partial charge in [0.05, 0.1) is 11.8 Å². The van der Waals surface area contributed by atoms with Gasteiger partial charge >= 0.3 is 5.97 Å². The lowest BCUT2D eigenvalue weighted by atomic mass is 9.46. The number of hydrogen-bond acceptors (Lipinski definition) is 7. The number of nitrogens with zero attached hydrogens (tertiary/aromatic N) is 1. The molecule has 3 saturated carbocycles. The Bertz CT molecular complexity index is 1190. The largest absolute Gasteiger partial charge is 0.480 e. The van der Waals surface area contributed by atoms with E-state index in [1.165, 1.54) is 12.5 Å². The molecule has 3 fully saturated rings. The van der Waals surface area contributed by atoms with Crippen molar-refractivity contribution in [2.75, 3.05) is 6.61 Å².